The van der Waals surface area contributed by atoms with Gasteiger partial charge >= 0.3 is 0 Å². The smallest absolute Gasteiger partial charge is 0.262 e. The van der Waals surface area contributed by atoms with Crippen molar-refractivity contribution >= 4 is 39.4 Å². The monoisotopic (exact) mass is 626 g/mol. The first kappa shape index (κ1) is 34.3. The van der Waals surface area contributed by atoms with Crippen molar-refractivity contribution in [3.8, 4) is 0 Å². The van der Waals surface area contributed by atoms with Crippen molar-refractivity contribution in [1.29, 1.82) is 0 Å². The predicted octanol–water partition coefficient (Wildman–Crippen LogP) is -0.474. The molecule has 42 heavy (non-hydrogen) atoms. The minimum Gasteiger partial charge on any atom is -0.377 e. The Morgan fingerprint density at radius 2 is 1.19 bits per heavy atom. The van der Waals surface area contributed by atoms with Crippen molar-refractivity contribution in [2.45, 2.75) is 13.5 Å². The highest BCUT2D eigenvalue weighted by Gasteiger charge is 2.16. The van der Waals surface area contributed by atoms with Crippen LogP contribution in [0.1, 0.15) is 17.5 Å². The third kappa shape index (κ3) is 13.4. The molecule has 1 aliphatic heterocycles. The third-order valence-corrected chi connectivity index (χ3v) is 7.26. The van der Waals surface area contributed by atoms with E-state index in [4.69, 9.17) is 42.3 Å². The Hall–Kier alpha value is -2.20. The van der Waals surface area contributed by atoms with Crippen molar-refractivity contribution in [2.24, 2.45) is 0 Å². The Balaban J connectivity index is 0.000000892. The molecular weight excluding hydrogens is 588 g/mol. The lowest BCUT2D eigenvalue weighted by Crippen LogP contribution is -2.68. The van der Waals surface area contributed by atoms with E-state index in [1.165, 1.54) is 20.8 Å². The number of thiazole rings is 1. The van der Waals surface area contributed by atoms with E-state index in [1.54, 1.807) is 0 Å². The van der Waals surface area contributed by atoms with Crippen LogP contribution in [-0.2, 0) is 30.2 Å². The summed E-state index contributed by atoms with van der Waals surface area (Å²) in [4.78, 5) is 2.31. The molecule has 4 rings (SSSR count). The van der Waals surface area contributed by atoms with Gasteiger partial charge < -0.3 is 28.6 Å². The summed E-state index contributed by atoms with van der Waals surface area (Å²) in [5, 5.41) is 1.26. The average molecular weight is 627 g/mol. The topological polar surface area (TPSA) is 146 Å². The van der Waals surface area contributed by atoms with E-state index in [0.717, 1.165) is 25.3 Å². The van der Waals surface area contributed by atoms with Crippen LogP contribution >= 0.6 is 11.3 Å². The number of rotatable bonds is 4. The van der Waals surface area contributed by atoms with Gasteiger partial charge in [-0.2, -0.15) is 4.57 Å². The molecule has 0 amide bonds. The highest BCUT2D eigenvalue weighted by Crippen LogP contribution is 2.22. The number of ether oxygens (including phenoxy) is 5. The van der Waals surface area contributed by atoms with E-state index in [9.17, 15) is 0 Å². The highest BCUT2D eigenvalue weighted by molar-refractivity contribution is 7.18. The summed E-state index contributed by atoms with van der Waals surface area (Å²) in [5.41, 5.74) is 3.63. The van der Waals surface area contributed by atoms with E-state index in [1.807, 2.05) is 11.3 Å². The zero-order valence-corrected chi connectivity index (χ0v) is 25.4. The van der Waals surface area contributed by atoms with Gasteiger partial charge in [0.05, 0.1) is 66.1 Å². The summed E-state index contributed by atoms with van der Waals surface area (Å²) in [5.74, 6) is 0. The van der Waals surface area contributed by atoms with E-state index in [0.29, 0.717) is 66.1 Å². The Bertz CT molecular complexity index is 1160. The molecule has 1 aromatic heterocycles. The number of halogens is 1. The van der Waals surface area contributed by atoms with Crippen LogP contribution in [0.5, 0.6) is 0 Å². The predicted molar refractivity (Wildman–Crippen MR) is 149 cm³/mol. The second-order valence-electron chi connectivity index (χ2n) is 9.00. The van der Waals surface area contributed by atoms with Crippen molar-refractivity contribution in [3.05, 3.63) is 59.1 Å². The van der Waals surface area contributed by atoms with Gasteiger partial charge in [-0.3, -0.25) is 0 Å². The molecule has 0 atom stereocenters. The first-order chi connectivity index (χ1) is 20.3. The summed E-state index contributed by atoms with van der Waals surface area (Å²) >= 11 is 1.83. The number of nitrogens with zero attached hydrogens (tertiary/aromatic N) is 2. The van der Waals surface area contributed by atoms with Gasteiger partial charge in [-0.25, -0.2) is 18.6 Å². The van der Waals surface area contributed by atoms with Crippen LogP contribution in [0, 0.1) is 10.2 Å². The molecule has 1 fully saturated rings. The molecule has 1 saturated heterocycles. The summed E-state index contributed by atoms with van der Waals surface area (Å²) in [7, 11) is -4.94. The first-order valence-electron chi connectivity index (χ1n) is 13.8. The van der Waals surface area contributed by atoms with Crippen LogP contribution in [0.3, 0.4) is 0 Å². The molecule has 2 heterocycles. The van der Waals surface area contributed by atoms with E-state index in [2.05, 4.69) is 77.1 Å². The molecule has 2 aromatic carbocycles. The Morgan fingerprint density at radius 1 is 0.714 bits per heavy atom. The normalized spacial score (nSPS) is 17.4. The molecule has 0 radical (unpaired) electrons. The van der Waals surface area contributed by atoms with Crippen LogP contribution in [0.2, 0.25) is 0 Å². The number of aryl methyl sites for hydroxylation is 1. The van der Waals surface area contributed by atoms with Crippen molar-refractivity contribution in [3.63, 3.8) is 0 Å². The molecule has 232 valence electrons. The molecule has 0 aliphatic carbocycles. The lowest BCUT2D eigenvalue weighted by atomic mass is 10.2. The molecule has 0 saturated carbocycles. The summed E-state index contributed by atoms with van der Waals surface area (Å²) in [6.45, 7) is 10.6. The second-order valence-corrected chi connectivity index (χ2v) is 10.8. The lowest BCUT2D eigenvalue weighted by Gasteiger charge is -2.25. The molecule has 0 spiro atoms. The number of hydrogen-bond donors (Lipinski definition) is 0. The molecule has 0 unspecified atom stereocenters. The molecule has 11 nitrogen and oxygen atoms in total. The third-order valence-electron chi connectivity index (χ3n) is 6.13. The fourth-order valence-corrected chi connectivity index (χ4v) is 5.30. The summed E-state index contributed by atoms with van der Waals surface area (Å²) in [6, 6.07) is 17.3. The lowest BCUT2D eigenvalue weighted by molar-refractivity contribution is -2.00. The van der Waals surface area contributed by atoms with Gasteiger partial charge in [-0.1, -0.05) is 35.6 Å². The standard InChI is InChI=1S/C29H39N2O5S.ClHO4/c1-2-31-27-5-3-4-6-28(27)37-29(31)12-9-25-7-10-26(11-8-25)30-13-15-32-17-19-34-21-23-36-24-22-35-20-18-33-16-14-30;2-1(3,4)5/h3-12H,2,13-24H2,1H3;(H,2,3,4,5)/q+1;/p-1. The molecular formula is C29H39ClN2O9S. The van der Waals surface area contributed by atoms with Gasteiger partial charge in [0.2, 0.25) is 5.52 Å². The number of para-hydroxylation sites is 1. The van der Waals surface area contributed by atoms with Gasteiger partial charge in [0.15, 0.2) is 0 Å². The SMILES string of the molecule is CC[n+]1c(/C=C/c2ccc(N3CCOCCOCCOCCOCCOCC3)cc2)sc2ccccc21.[O-][Cl+3]([O-])([O-])[O-]. The fraction of sp³-hybridized carbons (Fsp3) is 0.483. The molecule has 3 aromatic rings. The Morgan fingerprint density at radius 3 is 1.69 bits per heavy atom. The summed E-state index contributed by atoms with van der Waals surface area (Å²) in [6.07, 6.45) is 4.41. The zero-order chi connectivity index (χ0) is 30.0. The largest absolute Gasteiger partial charge is 0.377 e. The highest BCUT2D eigenvalue weighted by atomic mass is 35.7. The first-order valence-corrected chi connectivity index (χ1v) is 15.8. The van der Waals surface area contributed by atoms with E-state index in [-0.39, 0.29) is 0 Å². The van der Waals surface area contributed by atoms with Crippen molar-refractivity contribution in [2.75, 3.05) is 84.1 Å². The van der Waals surface area contributed by atoms with Crippen LogP contribution in [0.25, 0.3) is 22.4 Å². The van der Waals surface area contributed by atoms with Crippen LogP contribution in [-0.4, -0.2) is 79.2 Å². The van der Waals surface area contributed by atoms with E-state index >= 15 is 0 Å². The minimum atomic E-state index is -4.94. The number of anilines is 1. The Labute approximate surface area is 252 Å². The number of fused-ring (bicyclic) bond motifs is 1. The van der Waals surface area contributed by atoms with Crippen LogP contribution < -0.4 is 28.1 Å². The Kier molecular flexibility index (Phi) is 15.6. The van der Waals surface area contributed by atoms with Crippen molar-refractivity contribution in [1.82, 2.24) is 0 Å². The van der Waals surface area contributed by atoms with E-state index < -0.39 is 10.2 Å². The zero-order valence-electron chi connectivity index (χ0n) is 23.8. The molecule has 13 heteroatoms. The average Bonchev–Trinajstić information content (AvgIpc) is 3.33. The van der Waals surface area contributed by atoms with Gasteiger partial charge in [0, 0.05) is 30.9 Å². The quantitative estimate of drug-likeness (QED) is 0.348. The summed E-state index contributed by atoms with van der Waals surface area (Å²) < 4.78 is 65.9. The molecule has 1 aliphatic rings. The number of aromatic nitrogens is 1. The number of hydrogen-bond acceptors (Lipinski definition) is 11. The van der Waals surface area contributed by atoms with Gasteiger partial charge in [-0.05, 0) is 36.8 Å². The minimum absolute atomic E-state index is 0.570. The number of benzene rings is 2. The maximum absolute atomic E-state index is 8.49. The van der Waals surface area contributed by atoms with Crippen LogP contribution in [0.15, 0.2) is 48.5 Å². The van der Waals surface area contributed by atoms with Gasteiger partial charge in [0.25, 0.3) is 5.01 Å². The van der Waals surface area contributed by atoms with Crippen molar-refractivity contribution < 1.29 is 57.1 Å². The molecule has 0 N–H and O–H groups in total. The maximum Gasteiger partial charge on any atom is 0.262 e. The van der Waals surface area contributed by atoms with Gasteiger partial charge in [0.1, 0.15) is 11.2 Å². The van der Waals surface area contributed by atoms with Crippen LogP contribution in [0.4, 0.5) is 5.69 Å². The second kappa shape index (κ2) is 19.2. The maximum atomic E-state index is 8.49. The van der Waals surface area contributed by atoms with Gasteiger partial charge in [-0.15, -0.1) is 10.2 Å². The molecule has 0 bridgehead atoms. The fourth-order valence-electron chi connectivity index (χ4n) is 4.17.